The average Bonchev–Trinajstić information content (AvgIpc) is 2.47. The Labute approximate surface area is 129 Å². The minimum Gasteiger partial charge on any atom is -0.465 e. The van der Waals surface area contributed by atoms with E-state index in [2.05, 4.69) is 15.4 Å². The Kier molecular flexibility index (Phi) is 7.14. The summed E-state index contributed by atoms with van der Waals surface area (Å²) in [5.41, 5.74) is 0.975. The summed E-state index contributed by atoms with van der Waals surface area (Å²) in [6.45, 7) is 2.12. The number of hydrogen-bond donors (Lipinski definition) is 2. The van der Waals surface area contributed by atoms with E-state index in [0.29, 0.717) is 24.4 Å². The van der Waals surface area contributed by atoms with E-state index in [1.165, 1.54) is 7.11 Å². The SMILES string of the molecule is COC(=O)c1cccc(NC(=O)CC2CNCCO2)c1.Cl. The van der Waals surface area contributed by atoms with Gasteiger partial charge in [0, 0.05) is 18.8 Å². The minimum absolute atomic E-state index is 0. The molecule has 1 saturated heterocycles. The topological polar surface area (TPSA) is 76.7 Å². The molecule has 1 aliphatic rings. The molecule has 1 aromatic rings. The molecule has 2 rings (SSSR count). The van der Waals surface area contributed by atoms with E-state index in [-0.39, 0.29) is 30.8 Å². The maximum atomic E-state index is 11.9. The first-order chi connectivity index (χ1) is 9.69. The van der Waals surface area contributed by atoms with Crippen molar-refractivity contribution in [2.24, 2.45) is 0 Å². The number of morpholine rings is 1. The molecule has 21 heavy (non-hydrogen) atoms. The molecule has 1 fully saturated rings. The Hall–Kier alpha value is -1.63. The van der Waals surface area contributed by atoms with Crippen molar-refractivity contribution in [2.75, 3.05) is 32.1 Å². The highest BCUT2D eigenvalue weighted by Crippen LogP contribution is 2.13. The van der Waals surface area contributed by atoms with Gasteiger partial charge in [-0.2, -0.15) is 0 Å². The van der Waals surface area contributed by atoms with Gasteiger partial charge in [-0.25, -0.2) is 4.79 Å². The first-order valence-electron chi connectivity index (χ1n) is 6.49. The monoisotopic (exact) mass is 314 g/mol. The standard InChI is InChI=1S/C14H18N2O4.ClH/c1-19-14(18)10-3-2-4-11(7-10)16-13(17)8-12-9-15-5-6-20-12;/h2-4,7,12,15H,5-6,8-9H2,1H3,(H,16,17);1H. The number of ether oxygens (including phenoxy) is 2. The van der Waals surface area contributed by atoms with Crippen LogP contribution in [-0.4, -0.2) is 44.8 Å². The summed E-state index contributed by atoms with van der Waals surface area (Å²) >= 11 is 0. The fourth-order valence-electron chi connectivity index (χ4n) is 2.01. The fraction of sp³-hybridized carbons (Fsp3) is 0.429. The first-order valence-corrected chi connectivity index (χ1v) is 6.49. The van der Waals surface area contributed by atoms with Crippen LogP contribution in [0.2, 0.25) is 0 Å². The average molecular weight is 315 g/mol. The Morgan fingerprint density at radius 3 is 2.95 bits per heavy atom. The maximum Gasteiger partial charge on any atom is 0.337 e. The van der Waals surface area contributed by atoms with Gasteiger partial charge in [-0.05, 0) is 18.2 Å². The molecule has 0 aromatic heterocycles. The van der Waals surface area contributed by atoms with Gasteiger partial charge in [0.1, 0.15) is 0 Å². The molecule has 0 radical (unpaired) electrons. The Morgan fingerprint density at radius 2 is 2.29 bits per heavy atom. The van der Waals surface area contributed by atoms with Gasteiger partial charge in [-0.3, -0.25) is 4.79 Å². The molecule has 6 nitrogen and oxygen atoms in total. The summed E-state index contributed by atoms with van der Waals surface area (Å²) < 4.78 is 10.1. The Morgan fingerprint density at radius 1 is 1.48 bits per heavy atom. The van der Waals surface area contributed by atoms with Crippen molar-refractivity contribution in [1.29, 1.82) is 0 Å². The summed E-state index contributed by atoms with van der Waals surface area (Å²) in [6, 6.07) is 6.64. The molecule has 0 saturated carbocycles. The van der Waals surface area contributed by atoms with E-state index in [1.54, 1.807) is 24.3 Å². The number of anilines is 1. The molecule has 0 spiro atoms. The van der Waals surface area contributed by atoms with Crippen LogP contribution in [-0.2, 0) is 14.3 Å². The minimum atomic E-state index is -0.430. The number of nitrogens with one attached hydrogen (secondary N) is 2. The molecule has 0 bridgehead atoms. The second-order valence-corrected chi connectivity index (χ2v) is 4.52. The molecule has 7 heteroatoms. The van der Waals surface area contributed by atoms with Gasteiger partial charge in [0.25, 0.3) is 0 Å². The normalized spacial score (nSPS) is 17.5. The first kappa shape index (κ1) is 17.4. The Balaban J connectivity index is 0.00000220. The highest BCUT2D eigenvalue weighted by atomic mass is 35.5. The molecule has 0 aliphatic carbocycles. The van der Waals surface area contributed by atoms with Crippen molar-refractivity contribution >= 4 is 30.0 Å². The van der Waals surface area contributed by atoms with E-state index in [1.807, 2.05) is 0 Å². The summed E-state index contributed by atoms with van der Waals surface area (Å²) in [6.07, 6.45) is 0.183. The number of amides is 1. The van der Waals surface area contributed by atoms with Gasteiger partial charge in [0.15, 0.2) is 0 Å². The van der Waals surface area contributed by atoms with Crippen LogP contribution in [0.4, 0.5) is 5.69 Å². The van der Waals surface area contributed by atoms with E-state index in [4.69, 9.17) is 4.74 Å². The molecule has 1 atom stereocenters. The molecule has 1 aliphatic heterocycles. The van der Waals surface area contributed by atoms with Crippen molar-refractivity contribution < 1.29 is 19.1 Å². The summed E-state index contributed by atoms with van der Waals surface area (Å²) in [5.74, 6) is -0.568. The summed E-state index contributed by atoms with van der Waals surface area (Å²) in [7, 11) is 1.32. The van der Waals surface area contributed by atoms with Crippen LogP contribution in [0, 0.1) is 0 Å². The largest absolute Gasteiger partial charge is 0.465 e. The zero-order chi connectivity index (χ0) is 14.4. The van der Waals surface area contributed by atoms with Gasteiger partial charge in [-0.15, -0.1) is 12.4 Å². The van der Waals surface area contributed by atoms with Crippen molar-refractivity contribution in [2.45, 2.75) is 12.5 Å². The molecular formula is C14H19ClN2O4. The number of hydrogen-bond acceptors (Lipinski definition) is 5. The van der Waals surface area contributed by atoms with Crippen LogP contribution in [0.1, 0.15) is 16.8 Å². The second-order valence-electron chi connectivity index (χ2n) is 4.52. The van der Waals surface area contributed by atoms with Crippen molar-refractivity contribution in [1.82, 2.24) is 5.32 Å². The van der Waals surface area contributed by atoms with E-state index in [0.717, 1.165) is 6.54 Å². The number of carbonyl (C=O) groups excluding carboxylic acids is 2. The van der Waals surface area contributed by atoms with Crippen molar-refractivity contribution in [3.8, 4) is 0 Å². The third-order valence-corrected chi connectivity index (χ3v) is 2.98. The van der Waals surface area contributed by atoms with Gasteiger partial charge in [0.2, 0.25) is 5.91 Å². The number of methoxy groups -OCH3 is 1. The number of halogens is 1. The molecule has 1 amide bonds. The van der Waals surface area contributed by atoms with Crippen LogP contribution in [0.3, 0.4) is 0 Å². The van der Waals surface area contributed by atoms with Crippen molar-refractivity contribution in [3.05, 3.63) is 29.8 Å². The number of carbonyl (C=O) groups is 2. The van der Waals surface area contributed by atoms with Crippen LogP contribution in [0.25, 0.3) is 0 Å². The van der Waals surface area contributed by atoms with Crippen LogP contribution in [0.5, 0.6) is 0 Å². The maximum absolute atomic E-state index is 11.9. The number of rotatable bonds is 4. The third kappa shape index (κ3) is 5.34. The van der Waals surface area contributed by atoms with E-state index >= 15 is 0 Å². The summed E-state index contributed by atoms with van der Waals surface area (Å²) in [5, 5.41) is 5.92. The molecule has 1 heterocycles. The fourth-order valence-corrected chi connectivity index (χ4v) is 2.01. The third-order valence-electron chi connectivity index (χ3n) is 2.98. The second kappa shape index (κ2) is 8.61. The predicted molar refractivity (Wildman–Crippen MR) is 80.9 cm³/mol. The lowest BCUT2D eigenvalue weighted by Crippen LogP contribution is -2.40. The lowest BCUT2D eigenvalue weighted by molar-refractivity contribution is -0.119. The molecule has 116 valence electrons. The van der Waals surface area contributed by atoms with Crippen molar-refractivity contribution in [3.63, 3.8) is 0 Å². The highest BCUT2D eigenvalue weighted by Gasteiger charge is 2.17. The van der Waals surface area contributed by atoms with Crippen LogP contribution >= 0.6 is 12.4 Å². The molecular weight excluding hydrogens is 296 g/mol. The Bertz CT molecular complexity index is 490. The van der Waals surface area contributed by atoms with E-state index in [9.17, 15) is 9.59 Å². The van der Waals surface area contributed by atoms with Gasteiger partial charge in [0.05, 0.1) is 31.8 Å². The number of benzene rings is 1. The smallest absolute Gasteiger partial charge is 0.337 e. The van der Waals surface area contributed by atoms with Gasteiger partial charge < -0.3 is 20.1 Å². The van der Waals surface area contributed by atoms with Crippen LogP contribution < -0.4 is 10.6 Å². The van der Waals surface area contributed by atoms with Gasteiger partial charge in [-0.1, -0.05) is 6.07 Å². The quantitative estimate of drug-likeness (QED) is 0.817. The molecule has 1 aromatic carbocycles. The highest BCUT2D eigenvalue weighted by molar-refractivity contribution is 5.94. The zero-order valence-corrected chi connectivity index (χ0v) is 12.6. The predicted octanol–water partition coefficient (Wildman–Crippen LogP) is 1.21. The van der Waals surface area contributed by atoms with Gasteiger partial charge >= 0.3 is 5.97 Å². The summed E-state index contributed by atoms with van der Waals surface area (Å²) in [4.78, 5) is 23.3. The zero-order valence-electron chi connectivity index (χ0n) is 11.8. The lowest BCUT2D eigenvalue weighted by atomic mass is 10.2. The lowest BCUT2D eigenvalue weighted by Gasteiger charge is -2.23. The van der Waals surface area contributed by atoms with E-state index < -0.39 is 5.97 Å². The van der Waals surface area contributed by atoms with Crippen LogP contribution in [0.15, 0.2) is 24.3 Å². The number of esters is 1. The molecule has 2 N–H and O–H groups in total. The molecule has 1 unspecified atom stereocenters.